The molecule has 1 aromatic rings. The lowest BCUT2D eigenvalue weighted by molar-refractivity contribution is 0.112. The number of aryl methyl sites for hydroxylation is 1. The molecule has 1 rings (SSSR count). The second-order valence-corrected chi connectivity index (χ2v) is 6.00. The van der Waals surface area contributed by atoms with Gasteiger partial charge in [-0.05, 0) is 24.5 Å². The molecule has 0 amide bonds. The van der Waals surface area contributed by atoms with Gasteiger partial charge in [0.1, 0.15) is 0 Å². The van der Waals surface area contributed by atoms with E-state index in [1.807, 2.05) is 6.07 Å². The summed E-state index contributed by atoms with van der Waals surface area (Å²) in [4.78, 5) is 11.4. The van der Waals surface area contributed by atoms with E-state index in [1.165, 1.54) is 62.7 Å². The van der Waals surface area contributed by atoms with Gasteiger partial charge in [-0.2, -0.15) is 0 Å². The number of nitrogens with two attached hydrogens (primary N) is 1. The quantitative estimate of drug-likeness (QED) is 0.487. The summed E-state index contributed by atoms with van der Waals surface area (Å²) in [5, 5.41) is 0.819. The van der Waals surface area contributed by atoms with Crippen LogP contribution in [0.4, 0.5) is 5.00 Å². The van der Waals surface area contributed by atoms with Crippen molar-refractivity contribution < 1.29 is 4.79 Å². The minimum atomic E-state index is 0.752. The van der Waals surface area contributed by atoms with Crippen LogP contribution in [0.2, 0.25) is 0 Å². The van der Waals surface area contributed by atoms with Gasteiger partial charge in [-0.1, -0.05) is 51.9 Å². The van der Waals surface area contributed by atoms with Crippen molar-refractivity contribution in [2.75, 3.05) is 5.73 Å². The van der Waals surface area contributed by atoms with Crippen molar-refractivity contribution in [1.82, 2.24) is 0 Å². The normalized spacial score (nSPS) is 10.7. The Morgan fingerprint density at radius 2 is 1.72 bits per heavy atom. The van der Waals surface area contributed by atoms with E-state index in [0.29, 0.717) is 0 Å². The van der Waals surface area contributed by atoms with Crippen LogP contribution in [0.1, 0.15) is 73.5 Å². The van der Waals surface area contributed by atoms with E-state index in [9.17, 15) is 4.79 Å². The van der Waals surface area contributed by atoms with Gasteiger partial charge in [0, 0.05) is 0 Å². The lowest BCUT2D eigenvalue weighted by atomic mass is 10.1. The third-order valence-corrected chi connectivity index (χ3v) is 4.21. The first-order chi connectivity index (χ1) is 8.77. The van der Waals surface area contributed by atoms with Gasteiger partial charge in [0.05, 0.1) is 9.88 Å². The molecule has 0 saturated heterocycles. The molecule has 1 heterocycles. The highest BCUT2D eigenvalue weighted by atomic mass is 32.1. The zero-order valence-electron chi connectivity index (χ0n) is 11.4. The van der Waals surface area contributed by atoms with Gasteiger partial charge in [-0.15, -0.1) is 11.3 Å². The minimum Gasteiger partial charge on any atom is -0.390 e. The SMILES string of the molecule is CCCCCCCCCCc1cc(C=O)sc1N. The highest BCUT2D eigenvalue weighted by Crippen LogP contribution is 2.25. The third kappa shape index (κ3) is 5.67. The van der Waals surface area contributed by atoms with Crippen molar-refractivity contribution in [2.45, 2.75) is 64.7 Å². The van der Waals surface area contributed by atoms with Crippen molar-refractivity contribution >= 4 is 22.6 Å². The molecule has 0 aliphatic heterocycles. The molecule has 0 unspecified atom stereocenters. The highest BCUT2D eigenvalue weighted by molar-refractivity contribution is 7.17. The number of hydrogen-bond donors (Lipinski definition) is 1. The summed E-state index contributed by atoms with van der Waals surface area (Å²) in [6, 6.07) is 1.94. The summed E-state index contributed by atoms with van der Waals surface area (Å²) in [5.74, 6) is 0. The molecule has 1 aromatic heterocycles. The fourth-order valence-corrected chi connectivity index (χ4v) is 2.96. The van der Waals surface area contributed by atoms with E-state index in [4.69, 9.17) is 5.73 Å². The average molecular weight is 267 g/mol. The summed E-state index contributed by atoms with van der Waals surface area (Å²) in [6.45, 7) is 2.25. The Morgan fingerprint density at radius 3 is 2.28 bits per heavy atom. The zero-order chi connectivity index (χ0) is 13.2. The molecule has 0 spiro atoms. The van der Waals surface area contributed by atoms with Crippen LogP contribution < -0.4 is 5.73 Å². The van der Waals surface area contributed by atoms with Gasteiger partial charge in [0.25, 0.3) is 0 Å². The summed E-state index contributed by atoms with van der Waals surface area (Å²) in [6.07, 6.45) is 12.5. The number of carbonyl (C=O) groups is 1. The maximum atomic E-state index is 10.6. The van der Waals surface area contributed by atoms with Crippen molar-refractivity contribution in [3.05, 3.63) is 16.5 Å². The standard InChI is InChI=1S/C15H25NOS/c1-2-3-4-5-6-7-8-9-10-13-11-14(12-17)18-15(13)16/h11-12H,2-10,16H2,1H3. The molecule has 0 aliphatic rings. The Hall–Kier alpha value is -0.830. The Labute approximate surface area is 115 Å². The topological polar surface area (TPSA) is 43.1 Å². The molecule has 102 valence electrons. The molecule has 0 radical (unpaired) electrons. The van der Waals surface area contributed by atoms with Crippen molar-refractivity contribution in [3.63, 3.8) is 0 Å². The lowest BCUT2D eigenvalue weighted by Gasteiger charge is -2.01. The molecule has 2 N–H and O–H groups in total. The van der Waals surface area contributed by atoms with Gasteiger partial charge >= 0.3 is 0 Å². The number of hydrogen-bond acceptors (Lipinski definition) is 3. The van der Waals surface area contributed by atoms with Crippen LogP contribution in [-0.4, -0.2) is 6.29 Å². The maximum Gasteiger partial charge on any atom is 0.160 e. The molecule has 0 aliphatic carbocycles. The summed E-state index contributed by atoms with van der Waals surface area (Å²) in [5.41, 5.74) is 7.03. The van der Waals surface area contributed by atoms with Crippen LogP contribution in [0.5, 0.6) is 0 Å². The smallest absolute Gasteiger partial charge is 0.160 e. The molecule has 0 fully saturated rings. The lowest BCUT2D eigenvalue weighted by Crippen LogP contribution is -1.89. The van der Waals surface area contributed by atoms with E-state index < -0.39 is 0 Å². The first-order valence-electron chi connectivity index (χ1n) is 7.11. The maximum absolute atomic E-state index is 10.6. The molecular weight excluding hydrogens is 242 g/mol. The van der Waals surface area contributed by atoms with Crippen LogP contribution in [0.3, 0.4) is 0 Å². The first-order valence-corrected chi connectivity index (χ1v) is 7.93. The van der Waals surface area contributed by atoms with Gasteiger partial charge in [0.15, 0.2) is 6.29 Å². The average Bonchev–Trinajstić information content (AvgIpc) is 2.73. The molecular formula is C15H25NOS. The Morgan fingerprint density at radius 1 is 1.11 bits per heavy atom. The van der Waals surface area contributed by atoms with E-state index in [1.54, 1.807) is 0 Å². The monoisotopic (exact) mass is 267 g/mol. The van der Waals surface area contributed by atoms with Crippen molar-refractivity contribution in [1.29, 1.82) is 0 Å². The van der Waals surface area contributed by atoms with Crippen molar-refractivity contribution in [3.8, 4) is 0 Å². The second-order valence-electron chi connectivity index (χ2n) is 4.88. The number of carbonyl (C=O) groups excluding carboxylic acids is 1. The Bertz CT molecular complexity index is 346. The number of aldehydes is 1. The van der Waals surface area contributed by atoms with Gasteiger partial charge in [0.2, 0.25) is 0 Å². The highest BCUT2D eigenvalue weighted by Gasteiger charge is 2.05. The van der Waals surface area contributed by atoms with Crippen LogP contribution in [-0.2, 0) is 6.42 Å². The number of rotatable bonds is 10. The fraction of sp³-hybridized carbons (Fsp3) is 0.667. The van der Waals surface area contributed by atoms with E-state index in [-0.39, 0.29) is 0 Å². The number of unbranched alkanes of at least 4 members (excludes halogenated alkanes) is 7. The first kappa shape index (κ1) is 15.2. The number of nitrogen functional groups attached to an aromatic ring is 1. The number of thiophene rings is 1. The summed E-state index contributed by atoms with van der Waals surface area (Å²) >= 11 is 1.40. The second kappa shape index (κ2) is 9.15. The number of anilines is 1. The molecule has 2 nitrogen and oxygen atoms in total. The molecule has 0 bridgehead atoms. The van der Waals surface area contributed by atoms with E-state index >= 15 is 0 Å². The summed E-state index contributed by atoms with van der Waals surface area (Å²) in [7, 11) is 0. The third-order valence-electron chi connectivity index (χ3n) is 3.28. The zero-order valence-corrected chi connectivity index (χ0v) is 12.2. The Balaban J connectivity index is 2.06. The van der Waals surface area contributed by atoms with Crippen LogP contribution >= 0.6 is 11.3 Å². The summed E-state index contributed by atoms with van der Waals surface area (Å²) < 4.78 is 0. The molecule has 18 heavy (non-hydrogen) atoms. The van der Waals surface area contributed by atoms with E-state index in [0.717, 1.165) is 28.1 Å². The fourth-order valence-electron chi connectivity index (χ4n) is 2.17. The van der Waals surface area contributed by atoms with Crippen LogP contribution in [0, 0.1) is 0 Å². The van der Waals surface area contributed by atoms with Crippen molar-refractivity contribution in [2.24, 2.45) is 0 Å². The molecule has 0 aromatic carbocycles. The molecule has 3 heteroatoms. The predicted molar refractivity (Wildman–Crippen MR) is 80.4 cm³/mol. The van der Waals surface area contributed by atoms with Gasteiger partial charge < -0.3 is 5.73 Å². The molecule has 0 atom stereocenters. The van der Waals surface area contributed by atoms with Crippen LogP contribution in [0.15, 0.2) is 6.07 Å². The van der Waals surface area contributed by atoms with E-state index in [2.05, 4.69) is 6.92 Å². The van der Waals surface area contributed by atoms with Gasteiger partial charge in [-0.25, -0.2) is 0 Å². The predicted octanol–water partition coefficient (Wildman–Crippen LogP) is 4.83. The Kier molecular flexibility index (Phi) is 7.74. The largest absolute Gasteiger partial charge is 0.390 e. The molecule has 0 saturated carbocycles. The minimum absolute atomic E-state index is 0.752. The van der Waals surface area contributed by atoms with Gasteiger partial charge in [-0.3, -0.25) is 4.79 Å². The van der Waals surface area contributed by atoms with Crippen LogP contribution in [0.25, 0.3) is 0 Å².